The number of rotatable bonds is 3. The van der Waals surface area contributed by atoms with Gasteiger partial charge in [0.15, 0.2) is 6.61 Å². The number of benzene rings is 1. The van der Waals surface area contributed by atoms with Gasteiger partial charge in [-0.2, -0.15) is 0 Å². The Hall–Kier alpha value is -1.75. The Morgan fingerprint density at radius 3 is 3.06 bits per heavy atom. The molecule has 5 nitrogen and oxygen atoms in total. The monoisotopic (exact) mass is 269 g/mol. The lowest BCUT2D eigenvalue weighted by molar-refractivity contribution is -0.142. The van der Waals surface area contributed by atoms with Gasteiger partial charge in [-0.1, -0.05) is 11.6 Å². The van der Waals surface area contributed by atoms with Gasteiger partial charge in [-0.15, -0.1) is 0 Å². The molecule has 1 aromatic rings. The molecule has 96 valence electrons. The molecule has 0 aliphatic carbocycles. The van der Waals surface area contributed by atoms with Crippen LogP contribution < -0.4 is 9.64 Å². The Kier molecular flexibility index (Phi) is 3.72. The highest BCUT2D eigenvalue weighted by Crippen LogP contribution is 2.34. The third-order valence-electron chi connectivity index (χ3n) is 2.46. The lowest BCUT2D eigenvalue weighted by Crippen LogP contribution is -2.42. The van der Waals surface area contributed by atoms with Crippen LogP contribution in [-0.2, 0) is 14.3 Å². The number of fused-ring (bicyclic) bond motifs is 1. The molecule has 2 rings (SSSR count). The second-order valence-electron chi connectivity index (χ2n) is 3.69. The molecule has 0 atom stereocenters. The summed E-state index contributed by atoms with van der Waals surface area (Å²) < 4.78 is 10.1. The first-order chi connectivity index (χ1) is 8.61. The first kappa shape index (κ1) is 12.7. The van der Waals surface area contributed by atoms with Crippen molar-refractivity contribution in [2.75, 3.05) is 24.7 Å². The molecule has 0 aromatic heterocycles. The van der Waals surface area contributed by atoms with Gasteiger partial charge in [0.1, 0.15) is 12.3 Å². The van der Waals surface area contributed by atoms with Crippen molar-refractivity contribution in [2.45, 2.75) is 6.92 Å². The van der Waals surface area contributed by atoms with E-state index in [0.29, 0.717) is 16.5 Å². The fourth-order valence-electron chi connectivity index (χ4n) is 1.69. The Morgan fingerprint density at radius 1 is 1.56 bits per heavy atom. The predicted molar refractivity (Wildman–Crippen MR) is 65.9 cm³/mol. The van der Waals surface area contributed by atoms with Gasteiger partial charge in [0.05, 0.1) is 12.3 Å². The van der Waals surface area contributed by atoms with Crippen molar-refractivity contribution in [3.05, 3.63) is 23.2 Å². The Labute approximate surface area is 109 Å². The van der Waals surface area contributed by atoms with Crippen LogP contribution in [0, 0.1) is 0 Å². The normalized spacial score (nSPS) is 13.9. The van der Waals surface area contributed by atoms with Crippen LogP contribution in [0.2, 0.25) is 5.02 Å². The van der Waals surface area contributed by atoms with E-state index in [4.69, 9.17) is 21.1 Å². The van der Waals surface area contributed by atoms with Crippen molar-refractivity contribution in [1.29, 1.82) is 0 Å². The van der Waals surface area contributed by atoms with Crippen LogP contribution in [0.25, 0.3) is 0 Å². The molecule has 0 N–H and O–H groups in total. The van der Waals surface area contributed by atoms with Crippen LogP contribution in [-0.4, -0.2) is 31.6 Å². The summed E-state index contributed by atoms with van der Waals surface area (Å²) in [5, 5.41) is 0.513. The number of hydrogen-bond acceptors (Lipinski definition) is 4. The molecule has 0 saturated carbocycles. The minimum atomic E-state index is -0.450. The van der Waals surface area contributed by atoms with Gasteiger partial charge in [0, 0.05) is 11.1 Å². The van der Waals surface area contributed by atoms with Gasteiger partial charge in [-0.05, 0) is 19.1 Å². The molecule has 0 bridgehead atoms. The maximum absolute atomic E-state index is 11.7. The van der Waals surface area contributed by atoms with E-state index >= 15 is 0 Å². The van der Waals surface area contributed by atoms with Crippen LogP contribution in [0.5, 0.6) is 5.75 Å². The first-order valence-corrected chi connectivity index (χ1v) is 5.88. The van der Waals surface area contributed by atoms with Crippen molar-refractivity contribution >= 4 is 29.2 Å². The van der Waals surface area contributed by atoms with E-state index < -0.39 is 5.97 Å². The van der Waals surface area contributed by atoms with Crippen LogP contribution in [0.3, 0.4) is 0 Å². The number of carbonyl (C=O) groups is 2. The predicted octanol–water partition coefficient (Wildman–Crippen LogP) is 1.63. The van der Waals surface area contributed by atoms with E-state index in [2.05, 4.69) is 0 Å². The third kappa shape index (κ3) is 2.56. The van der Waals surface area contributed by atoms with E-state index in [9.17, 15) is 9.59 Å². The fourth-order valence-corrected chi connectivity index (χ4v) is 1.85. The molecule has 18 heavy (non-hydrogen) atoms. The van der Waals surface area contributed by atoms with Crippen LogP contribution in [0.4, 0.5) is 5.69 Å². The van der Waals surface area contributed by atoms with Gasteiger partial charge in [0.25, 0.3) is 5.91 Å². The van der Waals surface area contributed by atoms with Crippen molar-refractivity contribution in [1.82, 2.24) is 0 Å². The molecule has 6 heteroatoms. The summed E-state index contributed by atoms with van der Waals surface area (Å²) in [5.74, 6) is -0.238. The molecule has 0 radical (unpaired) electrons. The third-order valence-corrected chi connectivity index (χ3v) is 2.69. The zero-order valence-electron chi connectivity index (χ0n) is 9.81. The largest absolute Gasteiger partial charge is 0.482 e. The second kappa shape index (κ2) is 5.27. The topological polar surface area (TPSA) is 55.8 Å². The zero-order valence-corrected chi connectivity index (χ0v) is 10.6. The average molecular weight is 270 g/mol. The summed E-state index contributed by atoms with van der Waals surface area (Å²) in [6.07, 6.45) is 0. The number of hydrogen-bond donors (Lipinski definition) is 0. The molecule has 1 aromatic carbocycles. The number of nitrogens with zero attached hydrogens (tertiary/aromatic N) is 1. The molecule has 1 heterocycles. The Morgan fingerprint density at radius 2 is 2.33 bits per heavy atom. The first-order valence-electron chi connectivity index (χ1n) is 5.50. The number of anilines is 1. The molecule has 0 unspecified atom stereocenters. The van der Waals surface area contributed by atoms with E-state index in [0.717, 1.165) is 0 Å². The SMILES string of the molecule is CCOC(=O)CN1C(=O)COc2cc(Cl)ccc21. The van der Waals surface area contributed by atoms with Crippen molar-refractivity contribution < 1.29 is 19.1 Å². The number of carbonyl (C=O) groups excluding carboxylic acids is 2. The lowest BCUT2D eigenvalue weighted by atomic mass is 10.2. The van der Waals surface area contributed by atoms with Gasteiger partial charge in [-0.25, -0.2) is 0 Å². The van der Waals surface area contributed by atoms with Crippen LogP contribution >= 0.6 is 11.6 Å². The summed E-state index contributed by atoms with van der Waals surface area (Å²) in [5.41, 5.74) is 0.531. The van der Waals surface area contributed by atoms with Crippen molar-refractivity contribution in [3.8, 4) is 5.75 Å². The summed E-state index contributed by atoms with van der Waals surface area (Å²) in [4.78, 5) is 24.5. The summed E-state index contributed by atoms with van der Waals surface area (Å²) in [7, 11) is 0. The smallest absolute Gasteiger partial charge is 0.326 e. The fraction of sp³-hybridized carbons (Fsp3) is 0.333. The maximum atomic E-state index is 11.7. The molecule has 0 fully saturated rings. The van der Waals surface area contributed by atoms with Crippen molar-refractivity contribution in [3.63, 3.8) is 0 Å². The number of ether oxygens (including phenoxy) is 2. The van der Waals surface area contributed by atoms with E-state index in [1.807, 2.05) is 0 Å². The van der Waals surface area contributed by atoms with Gasteiger partial charge in [0.2, 0.25) is 0 Å². The molecule has 0 spiro atoms. The van der Waals surface area contributed by atoms with E-state index in [1.165, 1.54) is 4.90 Å². The zero-order chi connectivity index (χ0) is 13.1. The van der Waals surface area contributed by atoms with E-state index in [1.54, 1.807) is 25.1 Å². The van der Waals surface area contributed by atoms with Crippen LogP contribution in [0.15, 0.2) is 18.2 Å². The number of esters is 1. The molecule has 1 amide bonds. The molecular weight excluding hydrogens is 258 g/mol. The number of amides is 1. The van der Waals surface area contributed by atoms with Gasteiger partial charge < -0.3 is 9.47 Å². The van der Waals surface area contributed by atoms with Gasteiger partial charge >= 0.3 is 5.97 Å². The van der Waals surface area contributed by atoms with Crippen LogP contribution in [0.1, 0.15) is 6.92 Å². The highest BCUT2D eigenvalue weighted by molar-refractivity contribution is 6.30. The molecule has 1 aliphatic rings. The van der Waals surface area contributed by atoms with Gasteiger partial charge in [-0.3, -0.25) is 14.5 Å². The molecule has 0 saturated heterocycles. The Balaban J connectivity index is 2.25. The minimum Gasteiger partial charge on any atom is -0.482 e. The molecular formula is C12H12ClNO4. The standard InChI is InChI=1S/C12H12ClNO4/c1-2-17-12(16)6-14-9-4-3-8(13)5-10(9)18-7-11(14)15/h3-5H,2,6-7H2,1H3. The summed E-state index contributed by atoms with van der Waals surface area (Å²) in [6, 6.07) is 4.90. The maximum Gasteiger partial charge on any atom is 0.326 e. The van der Waals surface area contributed by atoms with Crippen molar-refractivity contribution in [2.24, 2.45) is 0 Å². The Bertz CT molecular complexity index is 489. The average Bonchev–Trinajstić information content (AvgIpc) is 2.33. The summed E-state index contributed by atoms with van der Waals surface area (Å²) >= 11 is 5.84. The highest BCUT2D eigenvalue weighted by Gasteiger charge is 2.27. The molecule has 1 aliphatic heterocycles. The summed E-state index contributed by atoms with van der Waals surface area (Å²) in [6.45, 7) is 1.77. The number of halogens is 1. The second-order valence-corrected chi connectivity index (χ2v) is 4.12. The lowest BCUT2D eigenvalue weighted by Gasteiger charge is -2.28. The van der Waals surface area contributed by atoms with E-state index in [-0.39, 0.29) is 25.7 Å². The quantitative estimate of drug-likeness (QED) is 0.783. The minimum absolute atomic E-state index is 0.104. The highest BCUT2D eigenvalue weighted by atomic mass is 35.5.